The highest BCUT2D eigenvalue weighted by Gasteiger charge is 2.22. The van der Waals surface area contributed by atoms with Crippen molar-refractivity contribution >= 4 is 23.4 Å². The fourth-order valence-electron chi connectivity index (χ4n) is 1.84. The molecule has 1 unspecified atom stereocenters. The molecular formula is C12H21ClN4O. The molecule has 3 N–H and O–H groups in total. The third-order valence-corrected chi connectivity index (χ3v) is 2.73. The fraction of sp³-hybridized carbons (Fsp3) is 0.667. The van der Waals surface area contributed by atoms with E-state index in [9.17, 15) is 5.11 Å². The van der Waals surface area contributed by atoms with Crippen molar-refractivity contribution in [3.8, 4) is 0 Å². The van der Waals surface area contributed by atoms with Gasteiger partial charge in [0.15, 0.2) is 5.82 Å². The molecule has 0 fully saturated rings. The van der Waals surface area contributed by atoms with Crippen LogP contribution in [0.1, 0.15) is 27.2 Å². The maximum absolute atomic E-state index is 10.2. The zero-order valence-electron chi connectivity index (χ0n) is 11.3. The summed E-state index contributed by atoms with van der Waals surface area (Å²) in [7, 11) is 1.74. The Morgan fingerprint density at radius 3 is 2.72 bits per heavy atom. The minimum absolute atomic E-state index is 0.394. The SMILES string of the molecule is CNc1ncc(Cl)c(NCC(C)(O)CC(C)C)n1. The highest BCUT2D eigenvalue weighted by molar-refractivity contribution is 6.32. The Bertz CT molecular complexity index is 396. The predicted molar refractivity (Wildman–Crippen MR) is 75.2 cm³/mol. The van der Waals surface area contributed by atoms with Crippen LogP contribution in [-0.4, -0.2) is 34.3 Å². The first-order valence-electron chi connectivity index (χ1n) is 6.00. The van der Waals surface area contributed by atoms with Gasteiger partial charge in [-0.2, -0.15) is 4.98 Å². The molecule has 0 saturated heterocycles. The molecule has 0 aromatic carbocycles. The minimum Gasteiger partial charge on any atom is -0.388 e. The number of aromatic nitrogens is 2. The molecule has 0 spiro atoms. The quantitative estimate of drug-likeness (QED) is 0.742. The molecule has 18 heavy (non-hydrogen) atoms. The molecule has 1 atom stereocenters. The second-order valence-corrected chi connectivity index (χ2v) is 5.50. The second kappa shape index (κ2) is 6.20. The summed E-state index contributed by atoms with van der Waals surface area (Å²) >= 11 is 5.99. The number of nitrogens with zero attached hydrogens (tertiary/aromatic N) is 2. The summed E-state index contributed by atoms with van der Waals surface area (Å²) in [5.41, 5.74) is -0.789. The maximum atomic E-state index is 10.2. The number of nitrogens with one attached hydrogen (secondary N) is 2. The van der Waals surface area contributed by atoms with E-state index in [2.05, 4.69) is 34.4 Å². The van der Waals surface area contributed by atoms with Crippen LogP contribution in [0.25, 0.3) is 0 Å². The standard InChI is InChI=1S/C12H21ClN4O/c1-8(2)5-12(3,18)7-16-10-9(13)6-15-11(14-4)17-10/h6,8,18H,5,7H2,1-4H3,(H2,14,15,16,17). The largest absolute Gasteiger partial charge is 0.388 e. The van der Waals surface area contributed by atoms with Crippen LogP contribution in [0.5, 0.6) is 0 Å². The summed E-state index contributed by atoms with van der Waals surface area (Å²) < 4.78 is 0. The molecule has 102 valence electrons. The number of aliphatic hydroxyl groups is 1. The molecule has 0 saturated carbocycles. The molecule has 6 heteroatoms. The molecule has 0 radical (unpaired) electrons. The van der Waals surface area contributed by atoms with Crippen molar-refractivity contribution < 1.29 is 5.11 Å². The Hall–Kier alpha value is -1.07. The first-order valence-corrected chi connectivity index (χ1v) is 6.38. The zero-order chi connectivity index (χ0) is 13.8. The highest BCUT2D eigenvalue weighted by atomic mass is 35.5. The van der Waals surface area contributed by atoms with E-state index < -0.39 is 5.60 Å². The third-order valence-electron chi connectivity index (χ3n) is 2.45. The van der Waals surface area contributed by atoms with Gasteiger partial charge in [0.1, 0.15) is 5.02 Å². The lowest BCUT2D eigenvalue weighted by Crippen LogP contribution is -2.35. The molecule has 1 aromatic heterocycles. The Kier molecular flexibility index (Phi) is 5.16. The predicted octanol–water partition coefficient (Wildman–Crippen LogP) is 2.38. The van der Waals surface area contributed by atoms with E-state index in [0.717, 1.165) is 0 Å². The van der Waals surface area contributed by atoms with Crippen LogP contribution in [0.2, 0.25) is 5.02 Å². The van der Waals surface area contributed by atoms with Gasteiger partial charge in [-0.25, -0.2) is 4.98 Å². The van der Waals surface area contributed by atoms with Gasteiger partial charge in [0.25, 0.3) is 0 Å². The van der Waals surface area contributed by atoms with Gasteiger partial charge in [0.05, 0.1) is 11.8 Å². The molecule has 1 heterocycles. The summed E-state index contributed by atoms with van der Waals surface area (Å²) in [4.78, 5) is 8.19. The van der Waals surface area contributed by atoms with Gasteiger partial charge in [0.2, 0.25) is 5.95 Å². The summed E-state index contributed by atoms with van der Waals surface area (Å²) in [5, 5.41) is 16.5. The van der Waals surface area contributed by atoms with Gasteiger partial charge < -0.3 is 15.7 Å². The van der Waals surface area contributed by atoms with Crippen LogP contribution >= 0.6 is 11.6 Å². The van der Waals surface area contributed by atoms with E-state index in [4.69, 9.17) is 11.6 Å². The van der Waals surface area contributed by atoms with Crippen LogP contribution in [0.4, 0.5) is 11.8 Å². The van der Waals surface area contributed by atoms with Crippen molar-refractivity contribution in [3.05, 3.63) is 11.2 Å². The summed E-state index contributed by atoms with van der Waals surface area (Å²) in [5.74, 6) is 1.45. The number of hydrogen-bond acceptors (Lipinski definition) is 5. The molecule has 1 rings (SSSR count). The number of anilines is 2. The van der Waals surface area contributed by atoms with Gasteiger partial charge in [-0.05, 0) is 19.3 Å². The number of halogens is 1. The van der Waals surface area contributed by atoms with Gasteiger partial charge >= 0.3 is 0 Å². The Balaban J connectivity index is 2.67. The molecule has 0 bridgehead atoms. The first-order chi connectivity index (χ1) is 8.34. The topological polar surface area (TPSA) is 70.1 Å². The van der Waals surface area contributed by atoms with Gasteiger partial charge in [-0.1, -0.05) is 25.4 Å². The van der Waals surface area contributed by atoms with Crippen molar-refractivity contribution in [3.63, 3.8) is 0 Å². The zero-order valence-corrected chi connectivity index (χ0v) is 12.0. The van der Waals surface area contributed by atoms with Crippen molar-refractivity contribution in [1.82, 2.24) is 9.97 Å². The smallest absolute Gasteiger partial charge is 0.224 e. The summed E-state index contributed by atoms with van der Waals surface area (Å²) in [6, 6.07) is 0. The van der Waals surface area contributed by atoms with Crippen LogP contribution in [-0.2, 0) is 0 Å². The van der Waals surface area contributed by atoms with Crippen LogP contribution < -0.4 is 10.6 Å². The minimum atomic E-state index is -0.789. The molecule has 0 amide bonds. The van der Waals surface area contributed by atoms with Crippen molar-refractivity contribution in [1.29, 1.82) is 0 Å². The second-order valence-electron chi connectivity index (χ2n) is 5.09. The Labute approximate surface area is 113 Å². The van der Waals surface area contributed by atoms with Crippen molar-refractivity contribution in [2.75, 3.05) is 24.2 Å². The fourth-order valence-corrected chi connectivity index (χ4v) is 2.00. The third kappa shape index (κ3) is 4.66. The lowest BCUT2D eigenvalue weighted by atomic mass is 9.94. The average Bonchev–Trinajstić information content (AvgIpc) is 2.26. The lowest BCUT2D eigenvalue weighted by Gasteiger charge is -2.26. The normalized spacial score (nSPS) is 14.4. The highest BCUT2D eigenvalue weighted by Crippen LogP contribution is 2.22. The van der Waals surface area contributed by atoms with E-state index in [0.29, 0.717) is 35.7 Å². The molecule has 0 aliphatic heterocycles. The van der Waals surface area contributed by atoms with Crippen LogP contribution in [0.15, 0.2) is 6.20 Å². The number of rotatable bonds is 6. The van der Waals surface area contributed by atoms with Crippen molar-refractivity contribution in [2.24, 2.45) is 5.92 Å². The lowest BCUT2D eigenvalue weighted by molar-refractivity contribution is 0.0515. The van der Waals surface area contributed by atoms with Crippen LogP contribution in [0.3, 0.4) is 0 Å². The summed E-state index contributed by atoms with van der Waals surface area (Å²) in [6.45, 7) is 6.34. The molecule has 5 nitrogen and oxygen atoms in total. The van der Waals surface area contributed by atoms with Gasteiger partial charge in [0, 0.05) is 13.6 Å². The first kappa shape index (κ1) is 15.0. The van der Waals surface area contributed by atoms with E-state index in [1.165, 1.54) is 6.20 Å². The van der Waals surface area contributed by atoms with E-state index >= 15 is 0 Å². The van der Waals surface area contributed by atoms with Gasteiger partial charge in [-0.15, -0.1) is 0 Å². The van der Waals surface area contributed by atoms with Crippen molar-refractivity contribution in [2.45, 2.75) is 32.8 Å². The monoisotopic (exact) mass is 272 g/mol. The van der Waals surface area contributed by atoms with Crippen LogP contribution in [0, 0.1) is 5.92 Å². The Morgan fingerprint density at radius 2 is 2.17 bits per heavy atom. The Morgan fingerprint density at radius 1 is 1.50 bits per heavy atom. The van der Waals surface area contributed by atoms with E-state index in [1.54, 1.807) is 14.0 Å². The molecule has 0 aliphatic carbocycles. The molecule has 0 aliphatic rings. The number of hydrogen-bond donors (Lipinski definition) is 3. The average molecular weight is 273 g/mol. The molecular weight excluding hydrogens is 252 g/mol. The maximum Gasteiger partial charge on any atom is 0.224 e. The summed E-state index contributed by atoms with van der Waals surface area (Å²) in [6.07, 6.45) is 2.24. The molecule has 1 aromatic rings. The van der Waals surface area contributed by atoms with E-state index in [1.807, 2.05) is 0 Å². The van der Waals surface area contributed by atoms with Gasteiger partial charge in [-0.3, -0.25) is 0 Å². The van der Waals surface area contributed by atoms with E-state index in [-0.39, 0.29) is 0 Å².